The Bertz CT molecular complexity index is 873. The Morgan fingerprint density at radius 1 is 0.929 bits per heavy atom. The highest BCUT2D eigenvalue weighted by atomic mass is 32.2. The van der Waals surface area contributed by atoms with Gasteiger partial charge in [-0.25, -0.2) is 0 Å². The van der Waals surface area contributed by atoms with E-state index in [1.165, 1.54) is 10.5 Å². The van der Waals surface area contributed by atoms with Crippen molar-refractivity contribution >= 4 is 17.8 Å². The molecule has 3 rings (SSSR count). The SMILES string of the molecule is CC(CO)CC=Cc1ccc(Sc2cccc(OCc3ccccc3)c2)cc1. The minimum absolute atomic E-state index is 0.230. The zero-order valence-electron chi connectivity index (χ0n) is 16.1. The predicted octanol–water partition coefficient (Wildman–Crippen LogP) is 6.45. The van der Waals surface area contributed by atoms with Crippen LogP contribution in [0.2, 0.25) is 0 Å². The molecule has 0 aliphatic rings. The van der Waals surface area contributed by atoms with E-state index in [1.807, 2.05) is 37.3 Å². The van der Waals surface area contributed by atoms with Crippen molar-refractivity contribution in [1.82, 2.24) is 0 Å². The van der Waals surface area contributed by atoms with Crippen molar-refractivity contribution in [2.24, 2.45) is 5.92 Å². The van der Waals surface area contributed by atoms with Crippen molar-refractivity contribution in [3.05, 3.63) is 96.1 Å². The monoisotopic (exact) mass is 390 g/mol. The Morgan fingerprint density at radius 2 is 1.71 bits per heavy atom. The van der Waals surface area contributed by atoms with Gasteiger partial charge in [-0.2, -0.15) is 0 Å². The molecule has 3 aromatic carbocycles. The molecule has 0 bridgehead atoms. The molecular formula is C25H26O2S. The number of hydrogen-bond donors (Lipinski definition) is 1. The number of aliphatic hydroxyl groups excluding tert-OH is 1. The number of aliphatic hydroxyl groups is 1. The molecule has 0 aromatic heterocycles. The molecule has 3 heteroatoms. The van der Waals surface area contributed by atoms with E-state index in [9.17, 15) is 0 Å². The fourth-order valence-corrected chi connectivity index (χ4v) is 3.53. The largest absolute Gasteiger partial charge is 0.489 e. The molecule has 0 spiro atoms. The molecule has 0 saturated carbocycles. The second-order valence-electron chi connectivity index (χ2n) is 6.85. The predicted molar refractivity (Wildman–Crippen MR) is 118 cm³/mol. The van der Waals surface area contributed by atoms with Crippen molar-refractivity contribution in [3.8, 4) is 5.75 Å². The molecule has 0 heterocycles. The van der Waals surface area contributed by atoms with Crippen LogP contribution in [0.1, 0.15) is 24.5 Å². The maximum Gasteiger partial charge on any atom is 0.120 e. The van der Waals surface area contributed by atoms with Gasteiger partial charge in [-0.3, -0.25) is 0 Å². The fourth-order valence-electron chi connectivity index (χ4n) is 2.66. The second kappa shape index (κ2) is 10.7. The zero-order chi connectivity index (χ0) is 19.6. The summed E-state index contributed by atoms with van der Waals surface area (Å²) in [5.74, 6) is 1.19. The van der Waals surface area contributed by atoms with Crippen LogP contribution in [0, 0.1) is 5.92 Å². The van der Waals surface area contributed by atoms with Crippen molar-refractivity contribution in [1.29, 1.82) is 0 Å². The summed E-state index contributed by atoms with van der Waals surface area (Å²) in [6.07, 6.45) is 5.12. The second-order valence-corrected chi connectivity index (χ2v) is 7.99. The van der Waals surface area contributed by atoms with Gasteiger partial charge in [-0.05, 0) is 53.8 Å². The molecule has 28 heavy (non-hydrogen) atoms. The first-order valence-corrected chi connectivity index (χ1v) is 10.4. The lowest BCUT2D eigenvalue weighted by Crippen LogP contribution is -1.97. The van der Waals surface area contributed by atoms with Gasteiger partial charge in [-0.15, -0.1) is 0 Å². The molecule has 1 atom stereocenters. The van der Waals surface area contributed by atoms with E-state index < -0.39 is 0 Å². The summed E-state index contributed by atoms with van der Waals surface area (Å²) in [6.45, 7) is 2.85. The summed E-state index contributed by atoms with van der Waals surface area (Å²) in [6, 6.07) is 26.9. The Balaban J connectivity index is 1.56. The molecule has 0 amide bonds. The summed E-state index contributed by atoms with van der Waals surface area (Å²) < 4.78 is 5.92. The first kappa shape index (κ1) is 20.2. The van der Waals surface area contributed by atoms with Crippen molar-refractivity contribution in [3.63, 3.8) is 0 Å². The van der Waals surface area contributed by atoms with Gasteiger partial charge in [-0.1, -0.05) is 79.4 Å². The van der Waals surface area contributed by atoms with E-state index >= 15 is 0 Å². The number of hydrogen-bond acceptors (Lipinski definition) is 3. The Hall–Kier alpha value is -2.49. The van der Waals surface area contributed by atoms with E-state index in [0.29, 0.717) is 12.5 Å². The van der Waals surface area contributed by atoms with Gasteiger partial charge in [0, 0.05) is 16.4 Å². The summed E-state index contributed by atoms with van der Waals surface area (Å²) in [5, 5.41) is 9.07. The molecule has 0 aliphatic heterocycles. The van der Waals surface area contributed by atoms with Crippen LogP contribution in [0.15, 0.2) is 94.7 Å². The summed E-state index contributed by atoms with van der Waals surface area (Å²) in [7, 11) is 0. The Morgan fingerprint density at radius 3 is 2.46 bits per heavy atom. The number of rotatable bonds is 9. The number of benzene rings is 3. The van der Waals surface area contributed by atoms with Crippen LogP contribution < -0.4 is 4.74 Å². The molecule has 2 nitrogen and oxygen atoms in total. The smallest absolute Gasteiger partial charge is 0.120 e. The van der Waals surface area contributed by atoms with Gasteiger partial charge in [0.15, 0.2) is 0 Å². The highest BCUT2D eigenvalue weighted by molar-refractivity contribution is 7.99. The summed E-state index contributed by atoms with van der Waals surface area (Å²) in [5.41, 5.74) is 2.34. The molecule has 144 valence electrons. The Labute approximate surface area is 171 Å². The maximum absolute atomic E-state index is 9.07. The van der Waals surface area contributed by atoms with Crippen LogP contribution in [0.25, 0.3) is 6.08 Å². The van der Waals surface area contributed by atoms with E-state index in [0.717, 1.165) is 22.6 Å². The van der Waals surface area contributed by atoms with Crippen LogP contribution in [-0.2, 0) is 6.61 Å². The van der Waals surface area contributed by atoms with Gasteiger partial charge in [0.2, 0.25) is 0 Å². The van der Waals surface area contributed by atoms with Crippen molar-refractivity contribution in [2.45, 2.75) is 29.7 Å². The topological polar surface area (TPSA) is 29.5 Å². The molecular weight excluding hydrogens is 364 g/mol. The average molecular weight is 391 g/mol. The third-order valence-corrected chi connectivity index (χ3v) is 5.33. The Kier molecular flexibility index (Phi) is 7.77. The van der Waals surface area contributed by atoms with E-state index in [4.69, 9.17) is 9.84 Å². The number of allylic oxidation sites excluding steroid dienone is 1. The normalized spacial score (nSPS) is 12.2. The molecule has 3 aromatic rings. The number of ether oxygens (including phenoxy) is 1. The fraction of sp³-hybridized carbons (Fsp3) is 0.200. The minimum atomic E-state index is 0.230. The van der Waals surface area contributed by atoms with Gasteiger partial charge in [0.25, 0.3) is 0 Å². The lowest BCUT2D eigenvalue weighted by Gasteiger charge is -2.08. The minimum Gasteiger partial charge on any atom is -0.489 e. The van der Waals surface area contributed by atoms with Crippen molar-refractivity contribution in [2.75, 3.05) is 6.61 Å². The highest BCUT2D eigenvalue weighted by Crippen LogP contribution is 2.30. The first-order chi connectivity index (χ1) is 13.7. The van der Waals surface area contributed by atoms with Crippen molar-refractivity contribution < 1.29 is 9.84 Å². The third-order valence-electron chi connectivity index (χ3n) is 4.33. The van der Waals surface area contributed by atoms with Gasteiger partial charge in [0.1, 0.15) is 12.4 Å². The maximum atomic E-state index is 9.07. The molecule has 0 fully saturated rings. The molecule has 0 saturated heterocycles. The first-order valence-electron chi connectivity index (χ1n) is 9.55. The average Bonchev–Trinajstić information content (AvgIpc) is 2.74. The van der Waals surface area contributed by atoms with E-state index in [-0.39, 0.29) is 6.61 Å². The van der Waals surface area contributed by atoms with Crippen LogP contribution >= 0.6 is 11.8 Å². The van der Waals surface area contributed by atoms with E-state index in [1.54, 1.807) is 11.8 Å². The standard InChI is InChI=1S/C25H26O2S/c1-20(18-26)7-5-10-21-13-15-24(16-14-21)28-25-12-6-11-23(17-25)27-19-22-8-3-2-4-9-22/h2-6,8-17,20,26H,7,18-19H2,1H3. The van der Waals surface area contributed by atoms with Crippen LogP contribution in [0.5, 0.6) is 5.75 Å². The molecule has 0 radical (unpaired) electrons. The van der Waals surface area contributed by atoms with Crippen LogP contribution in [0.4, 0.5) is 0 Å². The summed E-state index contributed by atoms with van der Waals surface area (Å²) in [4.78, 5) is 2.35. The third kappa shape index (κ3) is 6.59. The zero-order valence-corrected chi connectivity index (χ0v) is 16.9. The highest BCUT2D eigenvalue weighted by Gasteiger charge is 2.01. The molecule has 1 N–H and O–H groups in total. The lowest BCUT2D eigenvalue weighted by atomic mass is 10.1. The summed E-state index contributed by atoms with van der Waals surface area (Å²) >= 11 is 1.73. The lowest BCUT2D eigenvalue weighted by molar-refractivity contribution is 0.239. The van der Waals surface area contributed by atoms with Gasteiger partial charge in [0.05, 0.1) is 0 Å². The van der Waals surface area contributed by atoms with Gasteiger partial charge >= 0.3 is 0 Å². The van der Waals surface area contributed by atoms with E-state index in [2.05, 4.69) is 60.7 Å². The quantitative estimate of drug-likeness (QED) is 0.455. The van der Waals surface area contributed by atoms with Crippen LogP contribution in [0.3, 0.4) is 0 Å². The molecule has 0 aliphatic carbocycles. The van der Waals surface area contributed by atoms with Gasteiger partial charge < -0.3 is 9.84 Å². The molecule has 1 unspecified atom stereocenters. The van der Waals surface area contributed by atoms with Crippen LogP contribution in [-0.4, -0.2) is 11.7 Å².